The van der Waals surface area contributed by atoms with Crippen LogP contribution >= 0.6 is 0 Å². The first kappa shape index (κ1) is 16.8. The van der Waals surface area contributed by atoms with Crippen LogP contribution in [-0.4, -0.2) is 21.0 Å². The number of ether oxygens (including phenoxy) is 1. The summed E-state index contributed by atoms with van der Waals surface area (Å²) >= 11 is 0. The van der Waals surface area contributed by atoms with Crippen LogP contribution in [0.15, 0.2) is 73.1 Å². The minimum atomic E-state index is -1.06. The Hall–Kier alpha value is -3.60. The number of benzene rings is 2. The van der Waals surface area contributed by atoms with Crippen LogP contribution in [0.1, 0.15) is 27.2 Å². The smallest absolute Gasteiger partial charge is 0.341 e. The highest BCUT2D eigenvalue weighted by atomic mass is 16.5. The maximum Gasteiger partial charge on any atom is 0.341 e. The van der Waals surface area contributed by atoms with Gasteiger partial charge in [-0.2, -0.15) is 0 Å². The molecule has 5 heteroatoms. The van der Waals surface area contributed by atoms with Crippen molar-refractivity contribution < 1.29 is 14.6 Å². The van der Waals surface area contributed by atoms with Crippen LogP contribution < -0.4 is 4.74 Å². The molecule has 1 aliphatic heterocycles. The molecule has 4 rings (SSSR count). The monoisotopic (exact) mass is 358 g/mol. The summed E-state index contributed by atoms with van der Waals surface area (Å²) in [4.78, 5) is 18.2. The number of carboxylic acids is 1. The number of carbonyl (C=O) groups is 1. The van der Waals surface area contributed by atoms with E-state index in [2.05, 4.69) is 22.0 Å². The normalized spacial score (nSPS) is 12.5. The lowest BCUT2D eigenvalue weighted by atomic mass is 10.0. The Labute approximate surface area is 157 Å². The van der Waals surface area contributed by atoms with Gasteiger partial charge in [-0.15, -0.1) is 0 Å². The number of rotatable bonds is 5. The van der Waals surface area contributed by atoms with Gasteiger partial charge in [0.15, 0.2) is 5.75 Å². The molecule has 0 bridgehead atoms. The van der Waals surface area contributed by atoms with E-state index in [0.717, 1.165) is 12.2 Å². The Kier molecular flexibility index (Phi) is 4.58. The van der Waals surface area contributed by atoms with E-state index in [1.54, 1.807) is 12.1 Å². The van der Waals surface area contributed by atoms with E-state index in [-0.39, 0.29) is 5.56 Å². The van der Waals surface area contributed by atoms with Gasteiger partial charge >= 0.3 is 5.97 Å². The van der Waals surface area contributed by atoms with Crippen LogP contribution in [0.5, 0.6) is 11.5 Å². The second kappa shape index (κ2) is 7.33. The lowest BCUT2D eigenvalue weighted by Crippen LogP contribution is -2.21. The maximum atomic E-state index is 11.6. The molecule has 5 nitrogen and oxygen atoms in total. The minimum Gasteiger partial charge on any atom is -0.477 e. The van der Waals surface area contributed by atoms with Crippen LogP contribution in [0.2, 0.25) is 0 Å². The molecule has 0 unspecified atom stereocenters. The third-order valence-electron chi connectivity index (χ3n) is 4.38. The Bertz CT molecular complexity index is 985. The van der Waals surface area contributed by atoms with Gasteiger partial charge in [-0.3, -0.25) is 4.98 Å². The Morgan fingerprint density at radius 2 is 1.78 bits per heavy atom. The topological polar surface area (TPSA) is 62.7 Å². The van der Waals surface area contributed by atoms with Crippen molar-refractivity contribution in [3.8, 4) is 11.5 Å². The lowest BCUT2D eigenvalue weighted by Gasteiger charge is -2.26. The zero-order valence-electron chi connectivity index (χ0n) is 14.6. The molecule has 0 atom stereocenters. The molecule has 0 spiro atoms. The highest BCUT2D eigenvalue weighted by Gasteiger charge is 2.23. The SMILES string of the molecule is O=C(O)c1cnc2c(c1Oc1ccccc1)C=CN(Cc1ccccc1)C2. The number of para-hydroxylation sites is 1. The predicted molar refractivity (Wildman–Crippen MR) is 102 cm³/mol. The van der Waals surface area contributed by atoms with E-state index in [9.17, 15) is 9.90 Å². The molecule has 2 heterocycles. The zero-order valence-corrected chi connectivity index (χ0v) is 14.6. The molecule has 0 aliphatic carbocycles. The third kappa shape index (κ3) is 3.67. The van der Waals surface area contributed by atoms with E-state index in [1.807, 2.05) is 48.7 Å². The van der Waals surface area contributed by atoms with Crippen molar-refractivity contribution in [3.05, 3.63) is 95.4 Å². The molecule has 0 saturated carbocycles. The number of aromatic carboxylic acids is 1. The quantitative estimate of drug-likeness (QED) is 0.724. The number of nitrogens with zero attached hydrogens (tertiary/aromatic N) is 2. The van der Waals surface area contributed by atoms with Crippen molar-refractivity contribution in [1.29, 1.82) is 0 Å². The number of pyridine rings is 1. The van der Waals surface area contributed by atoms with Crippen LogP contribution in [0.3, 0.4) is 0 Å². The molecule has 134 valence electrons. The van der Waals surface area contributed by atoms with Crippen molar-refractivity contribution in [3.63, 3.8) is 0 Å². The van der Waals surface area contributed by atoms with Crippen LogP contribution in [0.25, 0.3) is 6.08 Å². The first-order chi connectivity index (χ1) is 13.2. The van der Waals surface area contributed by atoms with Gasteiger partial charge in [-0.25, -0.2) is 4.79 Å². The van der Waals surface area contributed by atoms with E-state index in [4.69, 9.17) is 4.74 Å². The van der Waals surface area contributed by atoms with Crippen LogP contribution in [0.4, 0.5) is 0 Å². The number of carboxylic acid groups (broad SMARTS) is 1. The van der Waals surface area contributed by atoms with E-state index < -0.39 is 5.97 Å². The third-order valence-corrected chi connectivity index (χ3v) is 4.38. The summed E-state index contributed by atoms with van der Waals surface area (Å²) in [5, 5.41) is 9.54. The fourth-order valence-corrected chi connectivity index (χ4v) is 3.06. The van der Waals surface area contributed by atoms with Crippen molar-refractivity contribution in [2.45, 2.75) is 13.1 Å². The Morgan fingerprint density at radius 1 is 1.07 bits per heavy atom. The summed E-state index contributed by atoms with van der Waals surface area (Å²) in [6.07, 6.45) is 5.21. The summed E-state index contributed by atoms with van der Waals surface area (Å²) < 4.78 is 5.93. The molecule has 0 saturated heterocycles. The molecule has 0 fully saturated rings. The van der Waals surface area contributed by atoms with Gasteiger partial charge in [-0.1, -0.05) is 48.5 Å². The largest absolute Gasteiger partial charge is 0.477 e. The van der Waals surface area contributed by atoms with E-state index in [1.165, 1.54) is 11.8 Å². The van der Waals surface area contributed by atoms with Crippen molar-refractivity contribution in [1.82, 2.24) is 9.88 Å². The highest BCUT2D eigenvalue weighted by molar-refractivity contribution is 5.92. The fourth-order valence-electron chi connectivity index (χ4n) is 3.06. The number of hydrogen-bond donors (Lipinski definition) is 1. The zero-order chi connectivity index (χ0) is 18.6. The molecular formula is C22H18N2O3. The van der Waals surface area contributed by atoms with Gasteiger partial charge in [-0.05, 0) is 23.8 Å². The summed E-state index contributed by atoms with van der Waals surface area (Å²) in [6.45, 7) is 1.35. The predicted octanol–water partition coefficient (Wildman–Crippen LogP) is 4.56. The fraction of sp³-hybridized carbons (Fsp3) is 0.0909. The molecule has 3 aromatic rings. The number of hydrogen-bond acceptors (Lipinski definition) is 4. The average Bonchev–Trinajstić information content (AvgIpc) is 2.69. The molecule has 2 aromatic carbocycles. The first-order valence-electron chi connectivity index (χ1n) is 8.65. The molecule has 1 N–H and O–H groups in total. The summed E-state index contributed by atoms with van der Waals surface area (Å²) in [7, 11) is 0. The van der Waals surface area contributed by atoms with Crippen LogP contribution in [-0.2, 0) is 13.1 Å². The second-order valence-corrected chi connectivity index (χ2v) is 6.29. The summed E-state index contributed by atoms with van der Waals surface area (Å²) in [5.74, 6) is -0.140. The van der Waals surface area contributed by atoms with Crippen LogP contribution in [0, 0.1) is 0 Å². The second-order valence-electron chi connectivity index (χ2n) is 6.29. The average molecular weight is 358 g/mol. The molecule has 0 radical (unpaired) electrons. The van der Waals surface area contributed by atoms with E-state index >= 15 is 0 Å². The van der Waals surface area contributed by atoms with Crippen molar-refractivity contribution >= 4 is 12.0 Å². The molecule has 1 aromatic heterocycles. The molecule has 27 heavy (non-hydrogen) atoms. The first-order valence-corrected chi connectivity index (χ1v) is 8.65. The standard InChI is InChI=1S/C22H18N2O3/c25-22(26)19-13-23-20-15-24(14-16-7-3-1-4-8-16)12-11-18(20)21(19)27-17-9-5-2-6-10-17/h1-13H,14-15H2,(H,25,26). The van der Waals surface area contributed by atoms with Gasteiger partial charge in [0.05, 0.1) is 12.2 Å². The van der Waals surface area contributed by atoms with Crippen molar-refractivity contribution in [2.24, 2.45) is 0 Å². The molecule has 0 amide bonds. The summed E-state index contributed by atoms with van der Waals surface area (Å²) in [5.41, 5.74) is 2.76. The number of fused-ring (bicyclic) bond motifs is 1. The maximum absolute atomic E-state index is 11.6. The highest BCUT2D eigenvalue weighted by Crippen LogP contribution is 2.34. The Balaban J connectivity index is 1.66. The number of aromatic nitrogens is 1. The minimum absolute atomic E-state index is 0.0544. The van der Waals surface area contributed by atoms with Gasteiger partial charge in [0.2, 0.25) is 0 Å². The van der Waals surface area contributed by atoms with Gasteiger partial charge in [0.25, 0.3) is 0 Å². The molecular weight excluding hydrogens is 340 g/mol. The van der Waals surface area contributed by atoms with Gasteiger partial charge < -0.3 is 14.7 Å². The lowest BCUT2D eigenvalue weighted by molar-refractivity contribution is 0.0693. The van der Waals surface area contributed by atoms with Gasteiger partial charge in [0.1, 0.15) is 11.3 Å². The molecule has 1 aliphatic rings. The Morgan fingerprint density at radius 3 is 2.48 bits per heavy atom. The van der Waals surface area contributed by atoms with Crippen molar-refractivity contribution in [2.75, 3.05) is 0 Å². The summed E-state index contributed by atoms with van der Waals surface area (Å²) in [6, 6.07) is 19.4. The van der Waals surface area contributed by atoms with E-state index in [0.29, 0.717) is 23.6 Å². The van der Waals surface area contributed by atoms with Gasteiger partial charge in [0, 0.05) is 24.5 Å².